The van der Waals surface area contributed by atoms with E-state index in [9.17, 15) is 4.39 Å². The number of anilines is 1. The highest BCUT2D eigenvalue weighted by Crippen LogP contribution is 2.40. The predicted molar refractivity (Wildman–Crippen MR) is 98.4 cm³/mol. The van der Waals surface area contributed by atoms with E-state index in [1.807, 2.05) is 11.6 Å². The number of fused-ring (bicyclic) bond motifs is 1. The minimum atomic E-state index is -0.253. The number of halogens is 1. The lowest BCUT2D eigenvalue weighted by Gasteiger charge is -2.29. The fourth-order valence-corrected chi connectivity index (χ4v) is 3.57. The lowest BCUT2D eigenvalue weighted by molar-refractivity contribution is 0.585. The van der Waals surface area contributed by atoms with Crippen LogP contribution in [0.25, 0.3) is 16.7 Å². The van der Waals surface area contributed by atoms with Gasteiger partial charge in [0.25, 0.3) is 0 Å². The Balaban J connectivity index is 1.72. The highest BCUT2D eigenvalue weighted by atomic mass is 19.1. The van der Waals surface area contributed by atoms with Gasteiger partial charge in [0.15, 0.2) is 5.65 Å². The molecule has 0 atom stereocenters. The molecule has 7 heteroatoms. The first kappa shape index (κ1) is 15.7. The first-order valence-electron chi connectivity index (χ1n) is 9.19. The van der Waals surface area contributed by atoms with E-state index in [1.165, 1.54) is 12.1 Å². The van der Waals surface area contributed by atoms with Crippen LogP contribution in [0.4, 0.5) is 10.2 Å². The molecule has 0 unspecified atom stereocenters. The Morgan fingerprint density at radius 1 is 1.08 bits per heavy atom. The Labute approximate surface area is 151 Å². The Hall–Kier alpha value is -2.54. The second kappa shape index (κ2) is 6.02. The van der Waals surface area contributed by atoms with E-state index in [4.69, 9.17) is 15.1 Å². The quantitative estimate of drug-likeness (QED) is 0.785. The van der Waals surface area contributed by atoms with Crippen LogP contribution in [0, 0.1) is 12.7 Å². The molecule has 26 heavy (non-hydrogen) atoms. The molecule has 3 aromatic rings. The van der Waals surface area contributed by atoms with Crippen molar-refractivity contribution in [1.29, 1.82) is 0 Å². The number of benzene rings is 1. The van der Waals surface area contributed by atoms with Gasteiger partial charge in [-0.05, 0) is 44.0 Å². The van der Waals surface area contributed by atoms with Crippen LogP contribution in [0.15, 0.2) is 24.3 Å². The van der Waals surface area contributed by atoms with E-state index in [0.29, 0.717) is 5.92 Å². The standard InChI is InChI=1S/C19H21FN6/c1-12-16-18(25-10-8-21-9-11-25)22-17(13-2-3-13)23-19(16)26(24-12)15-6-4-14(20)5-7-15/h4-7,13,21H,2-3,8-11H2,1H3. The zero-order valence-electron chi connectivity index (χ0n) is 14.7. The van der Waals surface area contributed by atoms with E-state index < -0.39 is 0 Å². The molecule has 0 bridgehead atoms. The molecule has 134 valence electrons. The smallest absolute Gasteiger partial charge is 0.169 e. The zero-order chi connectivity index (χ0) is 17.7. The highest BCUT2D eigenvalue weighted by Gasteiger charge is 2.30. The van der Waals surface area contributed by atoms with Gasteiger partial charge in [-0.15, -0.1) is 0 Å². The molecule has 1 saturated heterocycles. The monoisotopic (exact) mass is 352 g/mol. The van der Waals surface area contributed by atoms with Crippen LogP contribution in [0.3, 0.4) is 0 Å². The van der Waals surface area contributed by atoms with E-state index in [1.54, 1.807) is 12.1 Å². The summed E-state index contributed by atoms with van der Waals surface area (Å²) in [5, 5.41) is 9.11. The third kappa shape index (κ3) is 2.63. The summed E-state index contributed by atoms with van der Waals surface area (Å²) in [7, 11) is 0. The largest absolute Gasteiger partial charge is 0.353 e. The van der Waals surface area contributed by atoms with Crippen molar-refractivity contribution in [3.8, 4) is 5.69 Å². The number of rotatable bonds is 3. The van der Waals surface area contributed by atoms with Gasteiger partial charge >= 0.3 is 0 Å². The molecule has 5 rings (SSSR count). The van der Waals surface area contributed by atoms with Gasteiger partial charge < -0.3 is 10.2 Å². The van der Waals surface area contributed by atoms with Crippen molar-refractivity contribution in [2.75, 3.05) is 31.1 Å². The minimum absolute atomic E-state index is 0.253. The summed E-state index contributed by atoms with van der Waals surface area (Å²) < 4.78 is 15.2. The van der Waals surface area contributed by atoms with Crippen LogP contribution in [0.2, 0.25) is 0 Å². The molecule has 1 saturated carbocycles. The number of nitrogens with zero attached hydrogens (tertiary/aromatic N) is 5. The molecular formula is C19H21FN6. The van der Waals surface area contributed by atoms with Crippen LogP contribution in [-0.4, -0.2) is 45.9 Å². The Morgan fingerprint density at radius 2 is 1.81 bits per heavy atom. The van der Waals surface area contributed by atoms with Crippen molar-refractivity contribution in [3.63, 3.8) is 0 Å². The third-order valence-electron chi connectivity index (χ3n) is 5.13. The number of nitrogens with one attached hydrogen (secondary N) is 1. The Morgan fingerprint density at radius 3 is 2.50 bits per heavy atom. The van der Waals surface area contributed by atoms with Gasteiger partial charge in [0.1, 0.15) is 17.5 Å². The van der Waals surface area contributed by atoms with Crippen molar-refractivity contribution < 1.29 is 4.39 Å². The van der Waals surface area contributed by atoms with E-state index in [2.05, 4.69) is 10.2 Å². The van der Waals surface area contributed by atoms with Crippen molar-refractivity contribution in [1.82, 2.24) is 25.1 Å². The Kier molecular flexibility index (Phi) is 3.63. The second-order valence-electron chi connectivity index (χ2n) is 7.09. The minimum Gasteiger partial charge on any atom is -0.353 e. The summed E-state index contributed by atoms with van der Waals surface area (Å²) in [5.74, 6) is 2.10. The van der Waals surface area contributed by atoms with Crippen LogP contribution in [0.5, 0.6) is 0 Å². The molecule has 0 radical (unpaired) electrons. The molecule has 1 aliphatic carbocycles. The maximum atomic E-state index is 13.3. The highest BCUT2D eigenvalue weighted by molar-refractivity contribution is 5.91. The predicted octanol–water partition coefficient (Wildman–Crippen LogP) is 2.55. The number of hydrogen-bond donors (Lipinski definition) is 1. The average Bonchev–Trinajstić information content (AvgIpc) is 3.47. The maximum Gasteiger partial charge on any atom is 0.169 e. The number of hydrogen-bond acceptors (Lipinski definition) is 5. The molecule has 0 amide bonds. The van der Waals surface area contributed by atoms with Crippen molar-refractivity contribution >= 4 is 16.9 Å². The molecule has 1 N–H and O–H groups in total. The van der Waals surface area contributed by atoms with Crippen molar-refractivity contribution in [2.24, 2.45) is 0 Å². The second-order valence-corrected chi connectivity index (χ2v) is 7.09. The molecule has 3 heterocycles. The molecule has 1 aliphatic heterocycles. The molecule has 2 fully saturated rings. The summed E-state index contributed by atoms with van der Waals surface area (Å²) in [6, 6.07) is 6.39. The average molecular weight is 352 g/mol. The zero-order valence-corrected chi connectivity index (χ0v) is 14.7. The summed E-state index contributed by atoms with van der Waals surface area (Å²) in [4.78, 5) is 12.1. The summed E-state index contributed by atoms with van der Waals surface area (Å²) in [6.45, 7) is 5.76. The molecule has 2 aromatic heterocycles. The lowest BCUT2D eigenvalue weighted by Crippen LogP contribution is -2.44. The van der Waals surface area contributed by atoms with Gasteiger partial charge in [0, 0.05) is 32.1 Å². The maximum absolute atomic E-state index is 13.3. The lowest BCUT2D eigenvalue weighted by atomic mass is 10.2. The van der Waals surface area contributed by atoms with Crippen LogP contribution in [-0.2, 0) is 0 Å². The Bertz CT molecular complexity index is 954. The molecule has 6 nitrogen and oxygen atoms in total. The van der Waals surface area contributed by atoms with E-state index >= 15 is 0 Å². The number of aryl methyl sites for hydroxylation is 1. The molecule has 0 spiro atoms. The number of aromatic nitrogens is 4. The number of piperazine rings is 1. The van der Waals surface area contributed by atoms with Crippen LogP contribution in [0.1, 0.15) is 30.3 Å². The van der Waals surface area contributed by atoms with Crippen LogP contribution < -0.4 is 10.2 Å². The third-order valence-corrected chi connectivity index (χ3v) is 5.13. The van der Waals surface area contributed by atoms with Gasteiger partial charge in [-0.3, -0.25) is 0 Å². The normalized spacial score (nSPS) is 17.8. The molecule has 1 aromatic carbocycles. The summed E-state index contributed by atoms with van der Waals surface area (Å²) in [5.41, 5.74) is 2.54. The van der Waals surface area contributed by atoms with Gasteiger partial charge in [0.2, 0.25) is 0 Å². The molecular weight excluding hydrogens is 331 g/mol. The van der Waals surface area contributed by atoms with Gasteiger partial charge in [0.05, 0.1) is 16.8 Å². The van der Waals surface area contributed by atoms with Gasteiger partial charge in [-0.2, -0.15) is 5.10 Å². The fraction of sp³-hybridized carbons (Fsp3) is 0.421. The van der Waals surface area contributed by atoms with E-state index in [0.717, 1.165) is 73.1 Å². The summed E-state index contributed by atoms with van der Waals surface area (Å²) in [6.07, 6.45) is 2.30. The first-order chi connectivity index (χ1) is 12.7. The fourth-order valence-electron chi connectivity index (χ4n) is 3.57. The topological polar surface area (TPSA) is 58.9 Å². The van der Waals surface area contributed by atoms with Gasteiger partial charge in [-0.25, -0.2) is 19.0 Å². The van der Waals surface area contributed by atoms with Gasteiger partial charge in [-0.1, -0.05) is 0 Å². The first-order valence-corrected chi connectivity index (χ1v) is 9.19. The van der Waals surface area contributed by atoms with Crippen LogP contribution >= 0.6 is 0 Å². The molecule has 2 aliphatic rings. The van der Waals surface area contributed by atoms with Crippen molar-refractivity contribution in [3.05, 3.63) is 41.6 Å². The summed E-state index contributed by atoms with van der Waals surface area (Å²) >= 11 is 0. The van der Waals surface area contributed by atoms with E-state index in [-0.39, 0.29) is 5.82 Å². The SMILES string of the molecule is Cc1nn(-c2ccc(F)cc2)c2nc(C3CC3)nc(N3CCNCC3)c12. The van der Waals surface area contributed by atoms with Crippen molar-refractivity contribution in [2.45, 2.75) is 25.7 Å².